The molecule has 1 fully saturated rings. The third-order valence-electron chi connectivity index (χ3n) is 3.29. The number of aliphatic hydroxyl groups excluding tert-OH is 1. The number of aromatic nitrogens is 1. The highest BCUT2D eigenvalue weighted by atomic mass is 19.1. The SMILES string of the molecule is OC1CCN(Cc2ncc(-c3ccc(F)cc3)o2)C1. The first-order valence-corrected chi connectivity index (χ1v) is 6.32. The van der Waals surface area contributed by atoms with Crippen molar-refractivity contribution in [1.82, 2.24) is 9.88 Å². The molecule has 0 aliphatic carbocycles. The minimum absolute atomic E-state index is 0.244. The Hall–Kier alpha value is -1.72. The smallest absolute Gasteiger partial charge is 0.209 e. The zero-order chi connectivity index (χ0) is 13.2. The van der Waals surface area contributed by atoms with Crippen molar-refractivity contribution in [3.05, 3.63) is 42.2 Å². The maximum absolute atomic E-state index is 12.8. The van der Waals surface area contributed by atoms with Gasteiger partial charge in [-0.25, -0.2) is 9.37 Å². The number of benzene rings is 1. The summed E-state index contributed by atoms with van der Waals surface area (Å²) in [4.78, 5) is 6.32. The van der Waals surface area contributed by atoms with Gasteiger partial charge in [0.05, 0.1) is 18.8 Å². The van der Waals surface area contributed by atoms with Crippen molar-refractivity contribution in [3.8, 4) is 11.3 Å². The van der Waals surface area contributed by atoms with E-state index in [1.807, 2.05) is 0 Å². The van der Waals surface area contributed by atoms with Gasteiger partial charge in [0.2, 0.25) is 5.89 Å². The van der Waals surface area contributed by atoms with E-state index in [-0.39, 0.29) is 11.9 Å². The van der Waals surface area contributed by atoms with Crippen LogP contribution in [0.25, 0.3) is 11.3 Å². The van der Waals surface area contributed by atoms with Gasteiger partial charge in [0.15, 0.2) is 5.76 Å². The first-order valence-electron chi connectivity index (χ1n) is 6.32. The number of nitrogens with zero attached hydrogens (tertiary/aromatic N) is 2. The van der Waals surface area contributed by atoms with Gasteiger partial charge in [-0.3, -0.25) is 4.90 Å². The summed E-state index contributed by atoms with van der Waals surface area (Å²) in [6.07, 6.45) is 2.20. The zero-order valence-corrected chi connectivity index (χ0v) is 10.4. The number of rotatable bonds is 3. The summed E-state index contributed by atoms with van der Waals surface area (Å²) in [5.74, 6) is 0.984. The molecule has 0 saturated carbocycles. The molecule has 1 aliphatic heterocycles. The number of β-amino-alcohol motifs (C(OH)–C–C–N with tert-alkyl or cyclic N) is 1. The molecule has 0 spiro atoms. The lowest BCUT2D eigenvalue weighted by atomic mass is 10.2. The molecule has 1 unspecified atom stereocenters. The Morgan fingerprint density at radius 1 is 1.37 bits per heavy atom. The first kappa shape index (κ1) is 12.3. The van der Waals surface area contributed by atoms with Crippen LogP contribution < -0.4 is 0 Å². The van der Waals surface area contributed by atoms with Crippen LogP contribution in [-0.4, -0.2) is 34.2 Å². The molecule has 1 aromatic heterocycles. The van der Waals surface area contributed by atoms with Crippen LogP contribution in [-0.2, 0) is 6.54 Å². The molecule has 2 heterocycles. The summed E-state index contributed by atoms with van der Waals surface area (Å²) in [5.41, 5.74) is 0.807. The van der Waals surface area contributed by atoms with E-state index >= 15 is 0 Å². The van der Waals surface area contributed by atoms with Crippen molar-refractivity contribution < 1.29 is 13.9 Å². The van der Waals surface area contributed by atoms with E-state index in [2.05, 4.69) is 9.88 Å². The largest absolute Gasteiger partial charge is 0.439 e. The molecular weight excluding hydrogens is 247 g/mol. The molecule has 4 nitrogen and oxygen atoms in total. The predicted octanol–water partition coefficient (Wildman–Crippen LogP) is 2.05. The average Bonchev–Trinajstić information content (AvgIpc) is 3.00. The van der Waals surface area contributed by atoms with Gasteiger partial charge < -0.3 is 9.52 Å². The van der Waals surface area contributed by atoms with Gasteiger partial charge in [-0.2, -0.15) is 0 Å². The van der Waals surface area contributed by atoms with Crippen molar-refractivity contribution >= 4 is 0 Å². The van der Waals surface area contributed by atoms with Gasteiger partial charge in [-0.05, 0) is 30.7 Å². The van der Waals surface area contributed by atoms with Crippen LogP contribution in [0.2, 0.25) is 0 Å². The van der Waals surface area contributed by atoms with Crippen molar-refractivity contribution in [2.24, 2.45) is 0 Å². The predicted molar refractivity (Wildman–Crippen MR) is 67.8 cm³/mol. The molecule has 0 radical (unpaired) electrons. The number of oxazole rings is 1. The van der Waals surface area contributed by atoms with Gasteiger partial charge in [-0.15, -0.1) is 0 Å². The lowest BCUT2D eigenvalue weighted by Crippen LogP contribution is -2.21. The van der Waals surface area contributed by atoms with E-state index in [4.69, 9.17) is 4.42 Å². The van der Waals surface area contributed by atoms with Crippen molar-refractivity contribution in [2.75, 3.05) is 13.1 Å². The van der Waals surface area contributed by atoms with E-state index < -0.39 is 0 Å². The lowest BCUT2D eigenvalue weighted by molar-refractivity contribution is 0.171. The summed E-state index contributed by atoms with van der Waals surface area (Å²) in [6, 6.07) is 6.13. The van der Waals surface area contributed by atoms with Crippen LogP contribution >= 0.6 is 0 Å². The number of hydrogen-bond donors (Lipinski definition) is 1. The molecule has 1 N–H and O–H groups in total. The third kappa shape index (κ3) is 2.83. The molecule has 100 valence electrons. The van der Waals surface area contributed by atoms with Gasteiger partial charge in [0.25, 0.3) is 0 Å². The van der Waals surface area contributed by atoms with Gasteiger partial charge in [0.1, 0.15) is 5.82 Å². The van der Waals surface area contributed by atoms with E-state index in [9.17, 15) is 9.50 Å². The summed E-state index contributed by atoms with van der Waals surface area (Å²) in [5, 5.41) is 9.46. The minimum Gasteiger partial charge on any atom is -0.439 e. The van der Waals surface area contributed by atoms with Crippen molar-refractivity contribution in [2.45, 2.75) is 19.1 Å². The quantitative estimate of drug-likeness (QED) is 0.919. The van der Waals surface area contributed by atoms with E-state index in [0.717, 1.165) is 18.5 Å². The van der Waals surface area contributed by atoms with Crippen LogP contribution in [0.3, 0.4) is 0 Å². The van der Waals surface area contributed by atoms with E-state index in [1.54, 1.807) is 18.3 Å². The molecular formula is C14H15FN2O2. The second-order valence-electron chi connectivity index (χ2n) is 4.80. The average molecular weight is 262 g/mol. The Morgan fingerprint density at radius 3 is 2.84 bits per heavy atom. The second-order valence-corrected chi connectivity index (χ2v) is 4.80. The van der Waals surface area contributed by atoms with Gasteiger partial charge >= 0.3 is 0 Å². The highest BCUT2D eigenvalue weighted by Gasteiger charge is 2.21. The highest BCUT2D eigenvalue weighted by Crippen LogP contribution is 2.22. The highest BCUT2D eigenvalue weighted by molar-refractivity contribution is 5.55. The van der Waals surface area contributed by atoms with Crippen molar-refractivity contribution in [3.63, 3.8) is 0 Å². The monoisotopic (exact) mass is 262 g/mol. The summed E-state index contributed by atoms with van der Waals surface area (Å²) < 4.78 is 18.5. The first-order chi connectivity index (χ1) is 9.20. The Balaban J connectivity index is 1.71. The Morgan fingerprint density at radius 2 is 2.16 bits per heavy atom. The lowest BCUT2D eigenvalue weighted by Gasteiger charge is -2.11. The molecule has 1 aliphatic rings. The van der Waals surface area contributed by atoms with Crippen LogP contribution in [0.1, 0.15) is 12.3 Å². The van der Waals surface area contributed by atoms with E-state index in [0.29, 0.717) is 24.7 Å². The molecule has 19 heavy (non-hydrogen) atoms. The molecule has 5 heteroatoms. The fourth-order valence-electron chi connectivity index (χ4n) is 2.28. The fraction of sp³-hybridized carbons (Fsp3) is 0.357. The Labute approximate surface area is 110 Å². The van der Waals surface area contributed by atoms with Gasteiger partial charge in [0, 0.05) is 18.7 Å². The molecule has 2 aromatic rings. The van der Waals surface area contributed by atoms with Crippen LogP contribution in [0.15, 0.2) is 34.9 Å². The maximum Gasteiger partial charge on any atom is 0.209 e. The van der Waals surface area contributed by atoms with Crippen LogP contribution in [0, 0.1) is 5.82 Å². The molecule has 1 atom stereocenters. The van der Waals surface area contributed by atoms with Crippen LogP contribution in [0.5, 0.6) is 0 Å². The van der Waals surface area contributed by atoms with Gasteiger partial charge in [-0.1, -0.05) is 0 Å². The number of hydrogen-bond acceptors (Lipinski definition) is 4. The third-order valence-corrected chi connectivity index (χ3v) is 3.29. The summed E-state index contributed by atoms with van der Waals surface area (Å²) in [6.45, 7) is 2.11. The molecule has 1 aromatic carbocycles. The Bertz CT molecular complexity index is 553. The minimum atomic E-state index is -0.269. The number of likely N-dealkylation sites (tertiary alicyclic amines) is 1. The van der Waals surface area contributed by atoms with E-state index in [1.165, 1.54) is 12.1 Å². The topological polar surface area (TPSA) is 49.5 Å². The van der Waals surface area contributed by atoms with Crippen molar-refractivity contribution in [1.29, 1.82) is 0 Å². The standard InChI is InChI=1S/C14H15FN2O2/c15-11-3-1-10(2-4-11)13-7-16-14(19-13)9-17-6-5-12(18)8-17/h1-4,7,12,18H,5-6,8-9H2. The Kier molecular flexibility index (Phi) is 3.31. The molecule has 0 bridgehead atoms. The zero-order valence-electron chi connectivity index (χ0n) is 10.4. The summed E-state index contributed by atoms with van der Waals surface area (Å²) >= 11 is 0. The number of aliphatic hydroxyl groups is 1. The normalized spacial score (nSPS) is 20.0. The molecule has 0 amide bonds. The fourth-order valence-corrected chi connectivity index (χ4v) is 2.28. The maximum atomic E-state index is 12.8. The number of halogens is 1. The molecule has 3 rings (SSSR count). The molecule has 1 saturated heterocycles. The summed E-state index contributed by atoms with van der Waals surface area (Å²) in [7, 11) is 0. The second kappa shape index (κ2) is 5.11. The van der Waals surface area contributed by atoms with Crippen LogP contribution in [0.4, 0.5) is 4.39 Å².